The molecule has 3 saturated heterocycles. The molecule has 3 amide bonds. The molecule has 3 fully saturated rings. The molecule has 0 saturated carbocycles. The van der Waals surface area contributed by atoms with E-state index < -0.39 is 35.5 Å². The average Bonchev–Trinajstić information content (AvgIpc) is 3.50. The molecule has 2 aromatic rings. The van der Waals surface area contributed by atoms with Gasteiger partial charge in [-0.1, -0.05) is 23.7 Å². The first-order valence-electron chi connectivity index (χ1n) is 12.1. The second-order valence-electron chi connectivity index (χ2n) is 9.23. The minimum atomic E-state index is -1.15. The Hall–Kier alpha value is -3.14. The van der Waals surface area contributed by atoms with Gasteiger partial charge in [0.1, 0.15) is 17.4 Å². The van der Waals surface area contributed by atoms with Crippen LogP contribution >= 0.6 is 11.6 Å². The molecule has 1 spiro atoms. The molecular formula is C26H28ClN3O6. The molecule has 5 rings (SSSR count). The number of carbonyl (C=O) groups excluding carboxylic acids is 3. The topological polar surface area (TPSA) is 117 Å². The van der Waals surface area contributed by atoms with Gasteiger partial charge in [-0.3, -0.25) is 14.4 Å². The number of aliphatic hydroxyl groups is 1. The number of β-amino-alcohol motifs (C(OH)–C–C–N with tert-alkyl or cyclic N) is 1. The first kappa shape index (κ1) is 24.5. The molecule has 5 atom stereocenters. The molecule has 0 radical (unpaired) electrons. The van der Waals surface area contributed by atoms with E-state index in [9.17, 15) is 19.5 Å². The summed E-state index contributed by atoms with van der Waals surface area (Å²) >= 11 is 6.23. The molecule has 2 bridgehead atoms. The smallest absolute Gasteiger partial charge is 0.250 e. The van der Waals surface area contributed by atoms with Gasteiger partial charge in [0.05, 0.1) is 41.9 Å². The summed E-state index contributed by atoms with van der Waals surface area (Å²) in [5.41, 5.74) is -0.160. The van der Waals surface area contributed by atoms with E-state index in [-0.39, 0.29) is 25.0 Å². The Morgan fingerprint density at radius 3 is 2.61 bits per heavy atom. The number of aliphatic hydroxyl groups excluding tert-OH is 1. The Kier molecular flexibility index (Phi) is 6.63. The number of rotatable bonds is 8. The van der Waals surface area contributed by atoms with Gasteiger partial charge in [0.25, 0.3) is 0 Å². The second kappa shape index (κ2) is 9.72. The monoisotopic (exact) mass is 513 g/mol. The first-order valence-corrected chi connectivity index (χ1v) is 12.5. The van der Waals surface area contributed by atoms with Crippen LogP contribution < -0.4 is 15.4 Å². The number of hydrogen-bond donors (Lipinski definition) is 3. The van der Waals surface area contributed by atoms with E-state index in [4.69, 9.17) is 21.1 Å². The van der Waals surface area contributed by atoms with Gasteiger partial charge in [-0.25, -0.2) is 0 Å². The molecule has 9 nitrogen and oxygen atoms in total. The molecule has 190 valence electrons. The molecule has 0 aromatic heterocycles. The van der Waals surface area contributed by atoms with Crippen molar-refractivity contribution < 1.29 is 29.0 Å². The fourth-order valence-electron chi connectivity index (χ4n) is 5.89. The Bertz CT molecular complexity index is 1170. The predicted octanol–water partition coefficient (Wildman–Crippen LogP) is 2.68. The molecule has 36 heavy (non-hydrogen) atoms. The van der Waals surface area contributed by atoms with Gasteiger partial charge in [0.15, 0.2) is 0 Å². The number of likely N-dealkylation sites (tertiary alicyclic amines) is 1. The standard InChI is InChI=1S/C26H28ClN3O6/c1-2-35-16-9-7-15(8-10-16)28-23(32)20-19-11-12-26(36-19)21(20)25(34)30(13-14-31)22(26)24(33)29-18-6-4-3-5-17(18)27/h3-10,19-22,31H,2,11-14H2,1H3,(H,28,32)(H,29,33)/t19-,20+,21-,22?,26?/m0/s1. The van der Waals surface area contributed by atoms with E-state index in [2.05, 4.69) is 10.6 Å². The fraction of sp³-hybridized carbons (Fsp3) is 0.423. The number of benzene rings is 2. The molecular weight excluding hydrogens is 486 g/mol. The molecule has 3 aliphatic heterocycles. The number of amides is 3. The van der Waals surface area contributed by atoms with Gasteiger partial charge in [-0.15, -0.1) is 0 Å². The van der Waals surface area contributed by atoms with Crippen LogP contribution in [0.5, 0.6) is 5.75 Å². The molecule has 0 aliphatic carbocycles. The maximum absolute atomic E-state index is 13.6. The summed E-state index contributed by atoms with van der Waals surface area (Å²) in [7, 11) is 0. The molecule has 3 heterocycles. The SMILES string of the molecule is CCOc1ccc(NC(=O)[C@@H]2[C@@H]3CCC4(O3)C(C(=O)Nc3ccccc3Cl)N(CCO)C(=O)[C@H]24)cc1. The first-order chi connectivity index (χ1) is 17.4. The molecule has 10 heteroatoms. The minimum Gasteiger partial charge on any atom is -0.494 e. The molecule has 3 aliphatic rings. The maximum Gasteiger partial charge on any atom is 0.250 e. The molecule has 2 unspecified atom stereocenters. The number of fused-ring (bicyclic) bond motifs is 1. The summed E-state index contributed by atoms with van der Waals surface area (Å²) in [5.74, 6) is -2.04. The highest BCUT2D eigenvalue weighted by Gasteiger charge is 2.74. The van der Waals surface area contributed by atoms with Crippen molar-refractivity contribution in [1.82, 2.24) is 4.90 Å². The van der Waals surface area contributed by atoms with Crippen LogP contribution in [0.15, 0.2) is 48.5 Å². The van der Waals surface area contributed by atoms with E-state index >= 15 is 0 Å². The summed E-state index contributed by atoms with van der Waals surface area (Å²) in [6.45, 7) is 2.06. The Balaban J connectivity index is 1.41. The lowest BCUT2D eigenvalue weighted by Crippen LogP contribution is -2.53. The molecule has 2 aromatic carbocycles. The van der Waals surface area contributed by atoms with Crippen LogP contribution in [0, 0.1) is 11.8 Å². The summed E-state index contributed by atoms with van der Waals surface area (Å²) in [6.07, 6.45) is 0.533. The third kappa shape index (κ3) is 4.01. The van der Waals surface area contributed by atoms with Gasteiger partial charge in [-0.05, 0) is 56.2 Å². The summed E-state index contributed by atoms with van der Waals surface area (Å²) in [5, 5.41) is 15.7. The summed E-state index contributed by atoms with van der Waals surface area (Å²) in [6, 6.07) is 12.8. The number of ether oxygens (including phenoxy) is 2. The van der Waals surface area contributed by atoms with E-state index in [0.29, 0.717) is 41.6 Å². The van der Waals surface area contributed by atoms with Crippen LogP contribution in [0.25, 0.3) is 0 Å². The van der Waals surface area contributed by atoms with Crippen molar-refractivity contribution >= 4 is 40.7 Å². The van der Waals surface area contributed by atoms with Crippen LogP contribution in [0.1, 0.15) is 19.8 Å². The van der Waals surface area contributed by atoms with Crippen molar-refractivity contribution in [3.05, 3.63) is 53.6 Å². The predicted molar refractivity (Wildman–Crippen MR) is 133 cm³/mol. The number of anilines is 2. The van der Waals surface area contributed by atoms with Crippen molar-refractivity contribution in [1.29, 1.82) is 0 Å². The van der Waals surface area contributed by atoms with Gasteiger partial charge in [0.2, 0.25) is 17.7 Å². The third-order valence-electron chi connectivity index (χ3n) is 7.26. The lowest BCUT2D eigenvalue weighted by Gasteiger charge is -2.33. The quantitative estimate of drug-likeness (QED) is 0.499. The minimum absolute atomic E-state index is 0.0427. The highest BCUT2D eigenvalue weighted by Crippen LogP contribution is 2.58. The number of hydrogen-bond acceptors (Lipinski definition) is 6. The largest absolute Gasteiger partial charge is 0.494 e. The Morgan fingerprint density at radius 2 is 1.92 bits per heavy atom. The van der Waals surface area contributed by atoms with Crippen LogP contribution in [0.4, 0.5) is 11.4 Å². The van der Waals surface area contributed by atoms with E-state index in [1.54, 1.807) is 48.5 Å². The maximum atomic E-state index is 13.6. The highest BCUT2D eigenvalue weighted by molar-refractivity contribution is 6.33. The zero-order valence-corrected chi connectivity index (χ0v) is 20.5. The van der Waals surface area contributed by atoms with Crippen LogP contribution in [-0.4, -0.2) is 65.2 Å². The Labute approximate surface area is 213 Å². The van der Waals surface area contributed by atoms with Crippen molar-refractivity contribution in [2.24, 2.45) is 11.8 Å². The number of nitrogens with zero attached hydrogens (tertiary/aromatic N) is 1. The normalized spacial score (nSPS) is 28.2. The fourth-order valence-corrected chi connectivity index (χ4v) is 6.08. The van der Waals surface area contributed by atoms with Crippen molar-refractivity contribution in [3.8, 4) is 5.75 Å². The van der Waals surface area contributed by atoms with E-state index in [0.717, 1.165) is 0 Å². The lowest BCUT2D eigenvalue weighted by molar-refractivity contribution is -0.140. The lowest BCUT2D eigenvalue weighted by atomic mass is 9.70. The van der Waals surface area contributed by atoms with Gasteiger partial charge < -0.3 is 30.1 Å². The van der Waals surface area contributed by atoms with Crippen LogP contribution in [-0.2, 0) is 19.1 Å². The number of para-hydroxylation sites is 1. The Morgan fingerprint density at radius 1 is 1.17 bits per heavy atom. The van der Waals surface area contributed by atoms with Gasteiger partial charge >= 0.3 is 0 Å². The number of halogens is 1. The van der Waals surface area contributed by atoms with Crippen LogP contribution in [0.2, 0.25) is 5.02 Å². The van der Waals surface area contributed by atoms with E-state index in [1.165, 1.54) is 4.90 Å². The number of nitrogens with one attached hydrogen (secondary N) is 2. The summed E-state index contributed by atoms with van der Waals surface area (Å²) < 4.78 is 11.8. The summed E-state index contributed by atoms with van der Waals surface area (Å²) in [4.78, 5) is 41.9. The number of carbonyl (C=O) groups is 3. The van der Waals surface area contributed by atoms with E-state index in [1.807, 2.05) is 6.92 Å². The second-order valence-corrected chi connectivity index (χ2v) is 9.63. The molecule has 3 N–H and O–H groups in total. The third-order valence-corrected chi connectivity index (χ3v) is 7.59. The van der Waals surface area contributed by atoms with Crippen molar-refractivity contribution in [2.75, 3.05) is 30.4 Å². The zero-order chi connectivity index (χ0) is 25.4. The zero-order valence-electron chi connectivity index (χ0n) is 19.8. The van der Waals surface area contributed by atoms with Gasteiger partial charge in [0, 0.05) is 12.2 Å². The van der Waals surface area contributed by atoms with Crippen molar-refractivity contribution in [2.45, 2.75) is 37.5 Å². The average molecular weight is 514 g/mol. The van der Waals surface area contributed by atoms with Crippen LogP contribution in [0.3, 0.4) is 0 Å². The van der Waals surface area contributed by atoms with Gasteiger partial charge in [-0.2, -0.15) is 0 Å². The van der Waals surface area contributed by atoms with Crippen molar-refractivity contribution in [3.63, 3.8) is 0 Å². The highest BCUT2D eigenvalue weighted by atomic mass is 35.5.